The summed E-state index contributed by atoms with van der Waals surface area (Å²) >= 11 is 6.16. The molecule has 7 heteroatoms. The molecule has 2 atom stereocenters. The van der Waals surface area contributed by atoms with Crippen LogP contribution in [0.15, 0.2) is 23.4 Å². The Hall–Kier alpha value is -1.79. The molecule has 1 aromatic rings. The van der Waals surface area contributed by atoms with Crippen LogP contribution in [0, 0.1) is 5.92 Å². The molecule has 1 aliphatic carbocycles. The smallest absolute Gasteiger partial charge is 0.347 e. The first-order chi connectivity index (χ1) is 12.1. The Morgan fingerprint density at radius 2 is 2.24 bits per heavy atom. The third-order valence-electron chi connectivity index (χ3n) is 4.26. The van der Waals surface area contributed by atoms with Crippen LogP contribution in [0.2, 0.25) is 5.02 Å². The molecule has 25 heavy (non-hydrogen) atoms. The third-order valence-corrected chi connectivity index (χ3v) is 4.49. The topological polar surface area (TPSA) is 66.3 Å². The quantitative estimate of drug-likeness (QED) is 0.660. The van der Waals surface area contributed by atoms with E-state index in [1.807, 2.05) is 6.92 Å². The van der Waals surface area contributed by atoms with Crippen molar-refractivity contribution in [1.82, 2.24) is 0 Å². The highest BCUT2D eigenvalue weighted by molar-refractivity contribution is 6.31. The molecular formula is C18H22ClNO5. The molecule has 2 aliphatic rings. The molecule has 1 aliphatic heterocycles. The van der Waals surface area contributed by atoms with Gasteiger partial charge in [-0.05, 0) is 37.5 Å². The molecule has 0 N–H and O–H groups in total. The fraction of sp³-hybridized carbons (Fsp3) is 0.556. The van der Waals surface area contributed by atoms with Gasteiger partial charge in [0.2, 0.25) is 0 Å². The number of carbonyl (C=O) groups is 1. The lowest BCUT2D eigenvalue weighted by atomic mass is 10.0. The number of halogens is 1. The van der Waals surface area contributed by atoms with Gasteiger partial charge in [-0.2, -0.15) is 0 Å². The maximum Gasteiger partial charge on any atom is 0.347 e. The summed E-state index contributed by atoms with van der Waals surface area (Å²) in [6.45, 7) is 2.79. The van der Waals surface area contributed by atoms with E-state index in [1.54, 1.807) is 18.2 Å². The van der Waals surface area contributed by atoms with Crippen LogP contribution in [0.4, 0.5) is 0 Å². The molecule has 1 saturated carbocycles. The van der Waals surface area contributed by atoms with Gasteiger partial charge in [0, 0.05) is 17.2 Å². The number of rotatable bonds is 8. The summed E-state index contributed by atoms with van der Waals surface area (Å²) in [6.07, 6.45) is 1.96. The van der Waals surface area contributed by atoms with Crippen molar-refractivity contribution < 1.29 is 23.8 Å². The molecule has 1 aromatic carbocycles. The van der Waals surface area contributed by atoms with Crippen molar-refractivity contribution in [2.24, 2.45) is 11.1 Å². The van der Waals surface area contributed by atoms with Crippen molar-refractivity contribution in [1.29, 1.82) is 0 Å². The Morgan fingerprint density at radius 1 is 1.44 bits per heavy atom. The average Bonchev–Trinajstić information content (AvgIpc) is 3.31. The van der Waals surface area contributed by atoms with E-state index in [9.17, 15) is 4.79 Å². The van der Waals surface area contributed by atoms with Gasteiger partial charge in [0.25, 0.3) is 0 Å². The molecule has 136 valence electrons. The number of carbonyl (C=O) groups excluding carboxylic acids is 1. The summed E-state index contributed by atoms with van der Waals surface area (Å²) in [4.78, 5) is 17.3. The van der Waals surface area contributed by atoms with Gasteiger partial charge in [-0.3, -0.25) is 0 Å². The highest BCUT2D eigenvalue weighted by atomic mass is 35.5. The van der Waals surface area contributed by atoms with E-state index < -0.39 is 6.10 Å². The van der Waals surface area contributed by atoms with Crippen LogP contribution in [0.3, 0.4) is 0 Å². The van der Waals surface area contributed by atoms with Crippen molar-refractivity contribution in [3.8, 4) is 5.75 Å². The number of nitrogens with zero attached hydrogens (tertiary/aromatic N) is 1. The van der Waals surface area contributed by atoms with Crippen LogP contribution in [0.25, 0.3) is 0 Å². The molecule has 0 spiro atoms. The molecule has 3 rings (SSSR count). The van der Waals surface area contributed by atoms with Crippen LogP contribution in [-0.2, 0) is 19.1 Å². The Kier molecular flexibility index (Phi) is 5.81. The van der Waals surface area contributed by atoms with Crippen molar-refractivity contribution in [3.05, 3.63) is 28.8 Å². The SMILES string of the molecule is CCOC1CON=C1c1cc(Cl)ccc1OC(CC1CC1)C(=O)OC. The van der Waals surface area contributed by atoms with E-state index in [2.05, 4.69) is 5.16 Å². The number of hydrogen-bond donors (Lipinski definition) is 0. The summed E-state index contributed by atoms with van der Waals surface area (Å²) in [6, 6.07) is 5.21. The molecule has 0 radical (unpaired) electrons. The molecule has 1 heterocycles. The van der Waals surface area contributed by atoms with Crippen molar-refractivity contribution in [2.45, 2.75) is 38.4 Å². The van der Waals surface area contributed by atoms with Crippen LogP contribution in [0.5, 0.6) is 5.75 Å². The van der Waals surface area contributed by atoms with Crippen LogP contribution < -0.4 is 4.74 Å². The third kappa shape index (κ3) is 4.44. The molecule has 0 amide bonds. The number of benzene rings is 1. The highest BCUT2D eigenvalue weighted by Crippen LogP contribution is 2.36. The lowest BCUT2D eigenvalue weighted by molar-refractivity contribution is -0.149. The van der Waals surface area contributed by atoms with Gasteiger partial charge in [0.05, 0.1) is 7.11 Å². The normalized spacial score (nSPS) is 20.6. The van der Waals surface area contributed by atoms with Gasteiger partial charge in [-0.15, -0.1) is 0 Å². The fourth-order valence-electron chi connectivity index (χ4n) is 2.80. The predicted octanol–water partition coefficient (Wildman–Crippen LogP) is 3.20. The molecule has 2 unspecified atom stereocenters. The van der Waals surface area contributed by atoms with E-state index in [0.29, 0.717) is 47.6 Å². The zero-order valence-corrected chi connectivity index (χ0v) is 15.1. The minimum Gasteiger partial charge on any atom is -0.478 e. The summed E-state index contributed by atoms with van der Waals surface area (Å²) in [5.74, 6) is 0.663. The van der Waals surface area contributed by atoms with Crippen LogP contribution in [-0.4, -0.2) is 44.2 Å². The van der Waals surface area contributed by atoms with Crippen molar-refractivity contribution in [3.63, 3.8) is 0 Å². The highest BCUT2D eigenvalue weighted by Gasteiger charge is 2.33. The predicted molar refractivity (Wildman–Crippen MR) is 93.1 cm³/mol. The summed E-state index contributed by atoms with van der Waals surface area (Å²) < 4.78 is 16.6. The van der Waals surface area contributed by atoms with Gasteiger partial charge in [0.1, 0.15) is 24.2 Å². The van der Waals surface area contributed by atoms with Crippen LogP contribution >= 0.6 is 11.6 Å². The van der Waals surface area contributed by atoms with Crippen molar-refractivity contribution >= 4 is 23.3 Å². The molecule has 6 nitrogen and oxygen atoms in total. The lowest BCUT2D eigenvalue weighted by Crippen LogP contribution is -2.31. The maximum atomic E-state index is 12.1. The largest absolute Gasteiger partial charge is 0.478 e. The Morgan fingerprint density at radius 3 is 2.92 bits per heavy atom. The summed E-state index contributed by atoms with van der Waals surface area (Å²) in [5, 5.41) is 4.64. The van der Waals surface area contributed by atoms with E-state index in [-0.39, 0.29) is 12.1 Å². The monoisotopic (exact) mass is 367 g/mol. The second-order valence-electron chi connectivity index (χ2n) is 6.17. The molecular weight excluding hydrogens is 346 g/mol. The Labute approximate surface area is 152 Å². The van der Waals surface area contributed by atoms with Gasteiger partial charge < -0.3 is 19.0 Å². The zero-order chi connectivity index (χ0) is 17.8. The van der Waals surface area contributed by atoms with E-state index >= 15 is 0 Å². The van der Waals surface area contributed by atoms with Gasteiger partial charge in [-0.1, -0.05) is 29.6 Å². The summed E-state index contributed by atoms with van der Waals surface area (Å²) in [7, 11) is 1.37. The number of esters is 1. The molecule has 0 saturated heterocycles. The van der Waals surface area contributed by atoms with Gasteiger partial charge in [0.15, 0.2) is 6.10 Å². The Balaban J connectivity index is 1.86. The van der Waals surface area contributed by atoms with Crippen molar-refractivity contribution in [2.75, 3.05) is 20.3 Å². The molecule has 1 fully saturated rings. The number of methoxy groups -OCH3 is 1. The van der Waals surface area contributed by atoms with E-state index in [0.717, 1.165) is 12.8 Å². The lowest BCUT2D eigenvalue weighted by Gasteiger charge is -2.20. The standard InChI is InChI=1S/C18H22ClNO5/c1-3-23-16-10-24-20-17(16)13-9-12(19)6-7-14(13)25-15(18(21)22-2)8-11-4-5-11/h6-7,9,11,15-16H,3-5,8,10H2,1-2H3. The minimum atomic E-state index is -0.647. The first-order valence-electron chi connectivity index (χ1n) is 8.48. The van der Waals surface area contributed by atoms with Crippen LogP contribution in [0.1, 0.15) is 31.7 Å². The minimum absolute atomic E-state index is 0.286. The van der Waals surface area contributed by atoms with Gasteiger partial charge in [-0.25, -0.2) is 4.79 Å². The number of oxime groups is 1. The second kappa shape index (κ2) is 8.06. The first-order valence-corrected chi connectivity index (χ1v) is 8.86. The summed E-state index contributed by atoms with van der Waals surface area (Å²) in [5.41, 5.74) is 1.29. The maximum absolute atomic E-state index is 12.1. The van der Waals surface area contributed by atoms with E-state index in [1.165, 1.54) is 7.11 Å². The fourth-order valence-corrected chi connectivity index (χ4v) is 2.97. The number of ether oxygens (including phenoxy) is 3. The second-order valence-corrected chi connectivity index (χ2v) is 6.60. The molecule has 0 aromatic heterocycles. The number of hydrogen-bond acceptors (Lipinski definition) is 6. The van der Waals surface area contributed by atoms with E-state index in [4.69, 9.17) is 30.6 Å². The zero-order valence-electron chi connectivity index (χ0n) is 14.4. The first kappa shape index (κ1) is 18.0. The Bertz CT molecular complexity index is 659. The van der Waals surface area contributed by atoms with Gasteiger partial charge >= 0.3 is 5.97 Å². The average molecular weight is 368 g/mol. The molecule has 0 bridgehead atoms.